The predicted molar refractivity (Wildman–Crippen MR) is 212 cm³/mol. The molecular formula is C48H32N4. The maximum absolute atomic E-state index is 5.33. The van der Waals surface area contributed by atoms with Crippen LogP contribution in [-0.4, -0.2) is 19.5 Å². The Morgan fingerprint density at radius 1 is 0.385 bits per heavy atom. The molecule has 0 spiro atoms. The Morgan fingerprint density at radius 2 is 0.904 bits per heavy atom. The normalized spacial score (nSPS) is 13.3. The van der Waals surface area contributed by atoms with E-state index in [0.29, 0.717) is 17.6 Å². The van der Waals surface area contributed by atoms with Crippen molar-refractivity contribution in [2.75, 3.05) is 0 Å². The second-order valence-electron chi connectivity index (χ2n) is 14.5. The van der Waals surface area contributed by atoms with Gasteiger partial charge in [-0.2, -0.15) is 9.97 Å². The molecule has 52 heavy (non-hydrogen) atoms. The van der Waals surface area contributed by atoms with Crippen molar-refractivity contribution < 1.29 is 0 Å². The molecule has 4 nitrogen and oxygen atoms in total. The van der Waals surface area contributed by atoms with Crippen LogP contribution >= 0.6 is 0 Å². The first-order valence-corrected chi connectivity index (χ1v) is 17.9. The first kappa shape index (κ1) is 29.1. The van der Waals surface area contributed by atoms with Crippen molar-refractivity contribution in [3.05, 3.63) is 169 Å². The van der Waals surface area contributed by atoms with Gasteiger partial charge in [0.2, 0.25) is 5.95 Å². The topological polar surface area (TPSA) is 43.6 Å². The predicted octanol–water partition coefficient (Wildman–Crippen LogP) is 11.9. The Kier molecular flexibility index (Phi) is 5.98. The third-order valence-corrected chi connectivity index (χ3v) is 11.2. The monoisotopic (exact) mass is 664 g/mol. The molecule has 0 fully saturated rings. The fourth-order valence-corrected chi connectivity index (χ4v) is 8.53. The highest BCUT2D eigenvalue weighted by molar-refractivity contribution is 6.10. The van der Waals surface area contributed by atoms with Crippen molar-refractivity contribution in [1.29, 1.82) is 0 Å². The third kappa shape index (κ3) is 4.24. The molecule has 244 valence electrons. The van der Waals surface area contributed by atoms with Crippen LogP contribution in [-0.2, 0) is 5.41 Å². The fraction of sp³-hybridized carbons (Fsp3) is 0.0625. The summed E-state index contributed by atoms with van der Waals surface area (Å²) >= 11 is 0. The molecule has 0 saturated heterocycles. The van der Waals surface area contributed by atoms with Gasteiger partial charge in [0.25, 0.3) is 0 Å². The van der Waals surface area contributed by atoms with Crippen LogP contribution < -0.4 is 0 Å². The molecule has 1 aliphatic carbocycles. The van der Waals surface area contributed by atoms with E-state index in [1.165, 1.54) is 33.4 Å². The van der Waals surface area contributed by atoms with Crippen LogP contribution in [0.4, 0.5) is 0 Å². The Hall–Kier alpha value is -6.65. The van der Waals surface area contributed by atoms with Crippen LogP contribution in [0.3, 0.4) is 0 Å². The summed E-state index contributed by atoms with van der Waals surface area (Å²) in [5, 5.41) is 2.32. The van der Waals surface area contributed by atoms with E-state index in [9.17, 15) is 0 Å². The van der Waals surface area contributed by atoms with E-state index in [4.69, 9.17) is 15.0 Å². The number of para-hydroxylation sites is 1. The molecule has 4 heteroatoms. The lowest BCUT2D eigenvalue weighted by Gasteiger charge is -2.21. The quantitative estimate of drug-likeness (QED) is 0.175. The van der Waals surface area contributed by atoms with Crippen molar-refractivity contribution in [3.8, 4) is 73.2 Å². The smallest absolute Gasteiger partial charge is 0.238 e. The Morgan fingerprint density at radius 3 is 1.62 bits per heavy atom. The first-order chi connectivity index (χ1) is 25.5. The summed E-state index contributed by atoms with van der Waals surface area (Å²) in [5.41, 5.74) is 16.0. The fourth-order valence-electron chi connectivity index (χ4n) is 8.53. The number of hydrogen-bond donors (Lipinski definition) is 0. The van der Waals surface area contributed by atoms with E-state index in [1.54, 1.807) is 0 Å². The van der Waals surface area contributed by atoms with Crippen LogP contribution in [0.15, 0.2) is 158 Å². The summed E-state index contributed by atoms with van der Waals surface area (Å²) in [6.45, 7) is 4.62. The lowest BCUT2D eigenvalue weighted by Crippen LogP contribution is -2.15. The lowest BCUT2D eigenvalue weighted by atomic mass is 9.82. The van der Waals surface area contributed by atoms with Crippen molar-refractivity contribution in [2.45, 2.75) is 19.3 Å². The molecule has 11 rings (SSSR count). The van der Waals surface area contributed by atoms with Gasteiger partial charge < -0.3 is 0 Å². The molecular weight excluding hydrogens is 633 g/mol. The Bertz CT molecular complexity index is 2950. The second-order valence-corrected chi connectivity index (χ2v) is 14.5. The zero-order valence-electron chi connectivity index (χ0n) is 28.8. The van der Waals surface area contributed by atoms with Gasteiger partial charge in [0, 0.05) is 27.3 Å². The number of benzene rings is 7. The van der Waals surface area contributed by atoms with E-state index in [0.717, 1.165) is 55.2 Å². The third-order valence-electron chi connectivity index (χ3n) is 11.2. The number of fused-ring (bicyclic) bond motifs is 20. The highest BCUT2D eigenvalue weighted by Gasteiger charge is 2.35. The molecule has 0 unspecified atom stereocenters. The van der Waals surface area contributed by atoms with E-state index < -0.39 is 0 Å². The second kappa shape index (κ2) is 10.7. The minimum absolute atomic E-state index is 0.144. The summed E-state index contributed by atoms with van der Waals surface area (Å²) in [6.07, 6.45) is 0. The van der Waals surface area contributed by atoms with E-state index in [1.807, 2.05) is 0 Å². The maximum Gasteiger partial charge on any atom is 0.238 e. The number of nitrogens with zero attached hydrogens (tertiary/aromatic N) is 4. The van der Waals surface area contributed by atoms with Gasteiger partial charge >= 0.3 is 0 Å². The Balaban J connectivity index is 1.22. The molecule has 7 aromatic carbocycles. The molecule has 2 aliphatic rings. The highest BCUT2D eigenvalue weighted by atomic mass is 15.2. The molecule has 0 atom stereocenters. The molecule has 0 N–H and O–H groups in total. The van der Waals surface area contributed by atoms with Crippen LogP contribution in [0.5, 0.6) is 0 Å². The van der Waals surface area contributed by atoms with Crippen LogP contribution in [0, 0.1) is 0 Å². The van der Waals surface area contributed by atoms with Gasteiger partial charge in [0.1, 0.15) is 0 Å². The van der Waals surface area contributed by atoms with Gasteiger partial charge in [-0.25, -0.2) is 4.98 Å². The van der Waals surface area contributed by atoms with Crippen molar-refractivity contribution >= 4 is 21.8 Å². The summed E-state index contributed by atoms with van der Waals surface area (Å²) in [4.78, 5) is 15.9. The zero-order chi connectivity index (χ0) is 34.6. The average Bonchev–Trinajstić information content (AvgIpc) is 3.65. The minimum Gasteiger partial charge on any atom is -0.278 e. The minimum atomic E-state index is -0.144. The number of hydrogen-bond acceptors (Lipinski definition) is 3. The summed E-state index contributed by atoms with van der Waals surface area (Å²) in [5.74, 6) is 1.89. The highest BCUT2D eigenvalue weighted by Crippen LogP contribution is 2.49. The van der Waals surface area contributed by atoms with Gasteiger partial charge in [0.15, 0.2) is 11.6 Å². The molecule has 0 amide bonds. The molecule has 2 aromatic heterocycles. The van der Waals surface area contributed by atoms with Gasteiger partial charge in [-0.05, 0) is 92.0 Å². The standard InChI is InChI=1S/C48H32N4/c1-48(2)41-18-5-3-16-37(41)38-22-21-36(27-42(38)48)46-49-45-35-15-9-14-33(26-35)31-12-7-10-29(24-31)30-11-8-13-32(25-30)34-20-23-40-39-17-4-6-19-43(39)52(44(40)28-34)47(50-45)51-46/h3-28H,1-2H3. The van der Waals surface area contributed by atoms with Gasteiger partial charge in [-0.3, -0.25) is 4.57 Å². The maximum atomic E-state index is 5.33. The molecule has 10 bridgehead atoms. The van der Waals surface area contributed by atoms with Crippen LogP contribution in [0.1, 0.15) is 25.0 Å². The molecule has 1 aliphatic heterocycles. The zero-order valence-corrected chi connectivity index (χ0v) is 28.8. The van der Waals surface area contributed by atoms with Gasteiger partial charge in [-0.1, -0.05) is 135 Å². The summed E-state index contributed by atoms with van der Waals surface area (Å²) in [7, 11) is 0. The molecule has 0 radical (unpaired) electrons. The van der Waals surface area contributed by atoms with Crippen molar-refractivity contribution in [1.82, 2.24) is 19.5 Å². The summed E-state index contributed by atoms with van der Waals surface area (Å²) < 4.78 is 2.22. The van der Waals surface area contributed by atoms with Gasteiger partial charge in [0.05, 0.1) is 11.0 Å². The van der Waals surface area contributed by atoms with E-state index in [2.05, 4.69) is 176 Å². The summed E-state index contributed by atoms with van der Waals surface area (Å²) in [6, 6.07) is 57.0. The van der Waals surface area contributed by atoms with Crippen molar-refractivity contribution in [2.24, 2.45) is 0 Å². The first-order valence-electron chi connectivity index (χ1n) is 17.9. The molecule has 9 aromatic rings. The lowest BCUT2D eigenvalue weighted by molar-refractivity contribution is 0.660. The SMILES string of the molecule is CC1(C)c2ccccc2-c2ccc(-c3nc4nc(n3)-n3c5ccccc5c5ccc(cc53)-c3cccc(c3)-c3cccc(c3)-c3cccc-4c3)cc21. The van der Waals surface area contributed by atoms with Crippen molar-refractivity contribution in [3.63, 3.8) is 0 Å². The molecule has 3 heterocycles. The van der Waals surface area contributed by atoms with Gasteiger partial charge in [-0.15, -0.1) is 0 Å². The number of aromatic nitrogens is 4. The van der Waals surface area contributed by atoms with E-state index >= 15 is 0 Å². The average molecular weight is 665 g/mol. The molecule has 0 saturated carbocycles. The largest absolute Gasteiger partial charge is 0.278 e. The Labute approximate surface area is 301 Å². The van der Waals surface area contributed by atoms with E-state index in [-0.39, 0.29) is 5.41 Å². The van der Waals surface area contributed by atoms with Crippen LogP contribution in [0.2, 0.25) is 0 Å². The van der Waals surface area contributed by atoms with Crippen LogP contribution in [0.25, 0.3) is 95.0 Å². The number of rotatable bonds is 1.